The van der Waals surface area contributed by atoms with Gasteiger partial charge in [-0.05, 0) is 31.0 Å². The number of ether oxygens (including phenoxy) is 1. The minimum atomic E-state index is -2.02. The van der Waals surface area contributed by atoms with Crippen LogP contribution in [0.4, 0.5) is 0 Å². The SMILES string of the molecule is C=CCOC(=O)C1(CO[Si](C)(C)C(C)(C)C)CCCCC1=O. The van der Waals surface area contributed by atoms with Crippen LogP contribution in [0.5, 0.6) is 0 Å². The summed E-state index contributed by atoms with van der Waals surface area (Å²) < 4.78 is 11.4. The first-order chi connectivity index (χ1) is 10.1. The topological polar surface area (TPSA) is 52.6 Å². The quantitative estimate of drug-likeness (QED) is 0.322. The average Bonchev–Trinajstić information content (AvgIpc) is 2.43. The van der Waals surface area contributed by atoms with E-state index in [2.05, 4.69) is 40.4 Å². The molecule has 4 nitrogen and oxygen atoms in total. The molecule has 5 heteroatoms. The standard InChI is InChI=1S/C17H30O4Si/c1-7-12-20-15(19)17(11-9-8-10-14(17)18)13-21-22(5,6)16(2,3)4/h7H,1,8-13H2,2-6H3. The summed E-state index contributed by atoms with van der Waals surface area (Å²) in [7, 11) is -2.02. The molecule has 0 aromatic heterocycles. The minimum absolute atomic E-state index is 0.0356. The number of rotatable bonds is 6. The maximum atomic E-state index is 12.5. The van der Waals surface area contributed by atoms with Gasteiger partial charge in [0, 0.05) is 6.42 Å². The molecule has 0 radical (unpaired) electrons. The molecule has 0 N–H and O–H groups in total. The van der Waals surface area contributed by atoms with E-state index in [9.17, 15) is 9.59 Å². The smallest absolute Gasteiger partial charge is 0.322 e. The molecular weight excluding hydrogens is 296 g/mol. The van der Waals surface area contributed by atoms with E-state index in [1.165, 1.54) is 6.08 Å². The second-order valence-corrected chi connectivity index (χ2v) is 12.5. The molecule has 1 atom stereocenters. The van der Waals surface area contributed by atoms with Gasteiger partial charge in [0.2, 0.25) is 0 Å². The minimum Gasteiger partial charge on any atom is -0.461 e. The Labute approximate surface area is 135 Å². The zero-order chi connectivity index (χ0) is 17.0. The van der Waals surface area contributed by atoms with Crippen LogP contribution in [0.3, 0.4) is 0 Å². The molecule has 1 fully saturated rings. The largest absolute Gasteiger partial charge is 0.461 e. The number of ketones is 1. The third kappa shape index (κ3) is 4.07. The predicted molar refractivity (Wildman–Crippen MR) is 90.2 cm³/mol. The summed E-state index contributed by atoms with van der Waals surface area (Å²) in [5.74, 6) is -0.484. The molecule has 1 rings (SSSR count). The van der Waals surface area contributed by atoms with E-state index in [0.717, 1.165) is 12.8 Å². The molecule has 22 heavy (non-hydrogen) atoms. The number of carbonyl (C=O) groups is 2. The van der Waals surface area contributed by atoms with Gasteiger partial charge in [0.15, 0.2) is 14.1 Å². The molecule has 0 amide bonds. The van der Waals surface area contributed by atoms with Crippen molar-refractivity contribution in [1.29, 1.82) is 0 Å². The highest BCUT2D eigenvalue weighted by molar-refractivity contribution is 6.74. The molecule has 126 valence electrons. The summed E-state index contributed by atoms with van der Waals surface area (Å²) in [4.78, 5) is 25.0. The van der Waals surface area contributed by atoms with Gasteiger partial charge in [0.25, 0.3) is 0 Å². The van der Waals surface area contributed by atoms with Gasteiger partial charge in [-0.1, -0.05) is 39.8 Å². The number of esters is 1. The molecule has 1 unspecified atom stereocenters. The van der Waals surface area contributed by atoms with Crippen LogP contribution in [0, 0.1) is 5.41 Å². The number of hydrogen-bond donors (Lipinski definition) is 0. The van der Waals surface area contributed by atoms with E-state index in [1.54, 1.807) is 0 Å². The van der Waals surface area contributed by atoms with Crippen LogP contribution >= 0.6 is 0 Å². The van der Waals surface area contributed by atoms with Crippen molar-refractivity contribution < 1.29 is 18.8 Å². The average molecular weight is 327 g/mol. The lowest BCUT2D eigenvalue weighted by Gasteiger charge is -2.40. The number of hydrogen-bond acceptors (Lipinski definition) is 4. The molecule has 0 bridgehead atoms. The van der Waals surface area contributed by atoms with Crippen LogP contribution in [0.1, 0.15) is 46.5 Å². The lowest BCUT2D eigenvalue weighted by Crippen LogP contribution is -2.51. The Kier molecular flexibility index (Phi) is 6.16. The highest BCUT2D eigenvalue weighted by Crippen LogP contribution is 2.40. The Morgan fingerprint density at radius 1 is 1.36 bits per heavy atom. The van der Waals surface area contributed by atoms with E-state index in [0.29, 0.717) is 12.8 Å². The van der Waals surface area contributed by atoms with Crippen molar-refractivity contribution in [3.63, 3.8) is 0 Å². The number of carbonyl (C=O) groups excluding carboxylic acids is 2. The zero-order valence-corrected chi connectivity index (χ0v) is 15.7. The molecule has 0 aromatic rings. The third-order valence-electron chi connectivity index (χ3n) is 5.00. The summed E-state index contributed by atoms with van der Waals surface area (Å²) in [5.41, 5.74) is -1.11. The Hall–Kier alpha value is -0.943. The van der Waals surface area contributed by atoms with Gasteiger partial charge >= 0.3 is 5.97 Å². The monoisotopic (exact) mass is 326 g/mol. The van der Waals surface area contributed by atoms with E-state index in [1.807, 2.05) is 0 Å². The van der Waals surface area contributed by atoms with Crippen LogP contribution in [0.15, 0.2) is 12.7 Å². The van der Waals surface area contributed by atoms with Crippen LogP contribution in [-0.4, -0.2) is 33.3 Å². The second-order valence-electron chi connectivity index (χ2n) is 7.65. The van der Waals surface area contributed by atoms with Crippen LogP contribution < -0.4 is 0 Å². The predicted octanol–water partition coefficient (Wildman–Crippen LogP) is 3.87. The van der Waals surface area contributed by atoms with Crippen molar-refractivity contribution in [3.05, 3.63) is 12.7 Å². The van der Waals surface area contributed by atoms with E-state index in [-0.39, 0.29) is 24.0 Å². The first-order valence-electron chi connectivity index (χ1n) is 8.02. The third-order valence-corrected chi connectivity index (χ3v) is 9.48. The fraction of sp³-hybridized carbons (Fsp3) is 0.765. The summed E-state index contributed by atoms with van der Waals surface area (Å²) in [6.07, 6.45) is 4.18. The van der Waals surface area contributed by atoms with Crippen molar-refractivity contribution in [2.75, 3.05) is 13.2 Å². The molecule has 0 heterocycles. The maximum absolute atomic E-state index is 12.5. The molecule has 1 aliphatic rings. The van der Waals surface area contributed by atoms with Crippen molar-refractivity contribution >= 4 is 20.1 Å². The summed E-state index contributed by atoms with van der Waals surface area (Å²) in [6.45, 7) is 14.5. The van der Waals surface area contributed by atoms with Gasteiger partial charge in [0.05, 0.1) is 6.61 Å². The summed E-state index contributed by atoms with van der Waals surface area (Å²) >= 11 is 0. The van der Waals surface area contributed by atoms with Crippen molar-refractivity contribution in [2.24, 2.45) is 5.41 Å². The van der Waals surface area contributed by atoms with Gasteiger partial charge in [-0.25, -0.2) is 0 Å². The van der Waals surface area contributed by atoms with Crippen LogP contribution in [0.25, 0.3) is 0 Å². The number of Topliss-reactive ketones (excluding diaryl/α,β-unsaturated/α-hetero) is 1. The van der Waals surface area contributed by atoms with Gasteiger partial charge < -0.3 is 9.16 Å². The fourth-order valence-corrected chi connectivity index (χ4v) is 3.35. The van der Waals surface area contributed by atoms with E-state index < -0.39 is 19.7 Å². The fourth-order valence-electron chi connectivity index (χ4n) is 2.31. The van der Waals surface area contributed by atoms with Gasteiger partial charge in [-0.2, -0.15) is 0 Å². The molecular formula is C17H30O4Si. The second kappa shape index (κ2) is 7.09. The molecule has 0 aromatic carbocycles. The summed E-state index contributed by atoms with van der Waals surface area (Å²) in [5, 5.41) is 0.0386. The lowest BCUT2D eigenvalue weighted by molar-refractivity contribution is -0.164. The molecule has 1 saturated carbocycles. The Morgan fingerprint density at radius 2 is 2.00 bits per heavy atom. The van der Waals surface area contributed by atoms with Crippen molar-refractivity contribution in [3.8, 4) is 0 Å². The zero-order valence-electron chi connectivity index (χ0n) is 14.7. The molecule has 0 saturated heterocycles. The van der Waals surface area contributed by atoms with Crippen molar-refractivity contribution in [1.82, 2.24) is 0 Å². The highest BCUT2D eigenvalue weighted by atomic mass is 28.4. The van der Waals surface area contributed by atoms with Crippen LogP contribution in [0.2, 0.25) is 18.1 Å². The normalized spacial score (nSPS) is 23.2. The summed E-state index contributed by atoms with van der Waals surface area (Å²) in [6, 6.07) is 0. The van der Waals surface area contributed by atoms with Gasteiger partial charge in [-0.3, -0.25) is 9.59 Å². The first-order valence-corrected chi connectivity index (χ1v) is 10.9. The van der Waals surface area contributed by atoms with E-state index >= 15 is 0 Å². The highest BCUT2D eigenvalue weighted by Gasteiger charge is 2.50. The van der Waals surface area contributed by atoms with Crippen molar-refractivity contribution in [2.45, 2.75) is 64.6 Å². The molecule has 1 aliphatic carbocycles. The Morgan fingerprint density at radius 3 is 2.50 bits per heavy atom. The Bertz CT molecular complexity index is 436. The lowest BCUT2D eigenvalue weighted by atomic mass is 9.73. The van der Waals surface area contributed by atoms with E-state index in [4.69, 9.17) is 9.16 Å². The maximum Gasteiger partial charge on any atom is 0.322 e. The molecule has 0 aliphatic heterocycles. The molecule has 0 spiro atoms. The van der Waals surface area contributed by atoms with Gasteiger partial charge in [0.1, 0.15) is 12.0 Å². The Balaban J connectivity index is 2.94. The van der Waals surface area contributed by atoms with Gasteiger partial charge in [-0.15, -0.1) is 0 Å². The first kappa shape index (κ1) is 19.1. The van der Waals surface area contributed by atoms with Crippen LogP contribution in [-0.2, 0) is 18.8 Å².